The topological polar surface area (TPSA) is 37.3 Å². The molecule has 0 aliphatic heterocycles. The summed E-state index contributed by atoms with van der Waals surface area (Å²) < 4.78 is 0. The second-order valence-corrected chi connectivity index (χ2v) is 8.68. The van der Waals surface area contributed by atoms with Crippen LogP contribution in [-0.2, 0) is 11.2 Å². The predicted molar refractivity (Wildman–Crippen MR) is 123 cm³/mol. The van der Waals surface area contributed by atoms with Crippen molar-refractivity contribution in [3.05, 3.63) is 59.7 Å². The van der Waals surface area contributed by atoms with Crippen LogP contribution in [0.4, 0.5) is 0 Å². The van der Waals surface area contributed by atoms with Gasteiger partial charge in [-0.05, 0) is 67.9 Å². The molecule has 1 aromatic rings. The molecule has 2 rings (SSSR count). The summed E-state index contributed by atoms with van der Waals surface area (Å²) in [7, 11) is 0. The summed E-state index contributed by atoms with van der Waals surface area (Å²) in [5.74, 6) is 0.848. The minimum Gasteiger partial charge on any atom is -0.478 e. The highest BCUT2D eigenvalue weighted by Gasteiger charge is 2.21. The number of carbonyl (C=O) groups is 1. The fraction of sp³-hybridized carbons (Fsp3) is 0.593. The van der Waals surface area contributed by atoms with Gasteiger partial charge in [0.1, 0.15) is 0 Å². The molecule has 0 heterocycles. The standard InChI is InChI=1S/C27H40O2/c1-2-3-4-6-9-12-23-15-19-25(20-16-23)26-21-17-24(18-22-26)13-10-7-5-8-11-14-27(28)29/h5,8,11,14,17-18,21-23,25H,2-4,6-7,9-10,12-13,15-16,19-20H2,1H3,(H,28,29)/b8-5+,14-11+/t23-,25-. The first-order valence-electron chi connectivity index (χ1n) is 11.8. The van der Waals surface area contributed by atoms with Crippen molar-refractivity contribution in [3.63, 3.8) is 0 Å². The molecule has 0 bridgehead atoms. The summed E-state index contributed by atoms with van der Waals surface area (Å²) in [6.07, 6.45) is 23.8. The lowest BCUT2D eigenvalue weighted by Gasteiger charge is -2.29. The summed E-state index contributed by atoms with van der Waals surface area (Å²) in [5, 5.41) is 8.53. The van der Waals surface area contributed by atoms with E-state index in [1.807, 2.05) is 12.2 Å². The van der Waals surface area contributed by atoms with Gasteiger partial charge in [0.25, 0.3) is 0 Å². The molecule has 29 heavy (non-hydrogen) atoms. The predicted octanol–water partition coefficient (Wildman–Crippen LogP) is 7.84. The monoisotopic (exact) mass is 396 g/mol. The molecular formula is C27H40O2. The van der Waals surface area contributed by atoms with Gasteiger partial charge >= 0.3 is 5.97 Å². The smallest absolute Gasteiger partial charge is 0.328 e. The molecule has 0 aromatic heterocycles. The summed E-state index contributed by atoms with van der Waals surface area (Å²) >= 11 is 0. The molecule has 0 atom stereocenters. The van der Waals surface area contributed by atoms with E-state index in [4.69, 9.17) is 5.11 Å². The van der Waals surface area contributed by atoms with Crippen molar-refractivity contribution >= 4 is 5.97 Å². The molecule has 0 unspecified atom stereocenters. The van der Waals surface area contributed by atoms with E-state index >= 15 is 0 Å². The minimum absolute atomic E-state index is 0.768. The van der Waals surface area contributed by atoms with Crippen LogP contribution >= 0.6 is 0 Å². The van der Waals surface area contributed by atoms with E-state index in [1.54, 1.807) is 6.08 Å². The van der Waals surface area contributed by atoms with E-state index in [0.717, 1.165) is 37.2 Å². The highest BCUT2D eigenvalue weighted by molar-refractivity contribution is 5.80. The maximum absolute atomic E-state index is 10.4. The third kappa shape index (κ3) is 9.96. The van der Waals surface area contributed by atoms with Crippen LogP contribution in [0.1, 0.15) is 101 Å². The van der Waals surface area contributed by atoms with Gasteiger partial charge in [-0.1, -0.05) is 87.9 Å². The molecular weight excluding hydrogens is 356 g/mol. The molecule has 2 nitrogen and oxygen atoms in total. The Kier molecular flexibility index (Phi) is 11.5. The highest BCUT2D eigenvalue weighted by atomic mass is 16.4. The number of aliphatic carboxylic acids is 1. The molecule has 0 spiro atoms. The quantitative estimate of drug-likeness (QED) is 0.209. The Morgan fingerprint density at radius 3 is 2.38 bits per heavy atom. The average molecular weight is 397 g/mol. The Hall–Kier alpha value is -1.83. The van der Waals surface area contributed by atoms with Crippen LogP contribution < -0.4 is 0 Å². The van der Waals surface area contributed by atoms with Crippen molar-refractivity contribution in [1.29, 1.82) is 0 Å². The molecule has 1 aliphatic carbocycles. The molecule has 1 aromatic carbocycles. The first-order chi connectivity index (χ1) is 14.2. The molecule has 0 radical (unpaired) electrons. The van der Waals surface area contributed by atoms with Gasteiger partial charge in [0.15, 0.2) is 0 Å². The summed E-state index contributed by atoms with van der Waals surface area (Å²) in [6, 6.07) is 9.33. The van der Waals surface area contributed by atoms with Crippen LogP contribution in [0, 0.1) is 5.92 Å². The van der Waals surface area contributed by atoms with Gasteiger partial charge in [-0.25, -0.2) is 4.79 Å². The van der Waals surface area contributed by atoms with Gasteiger partial charge in [-0.2, -0.15) is 0 Å². The van der Waals surface area contributed by atoms with E-state index < -0.39 is 5.97 Å². The number of benzene rings is 1. The van der Waals surface area contributed by atoms with Gasteiger partial charge in [-0.15, -0.1) is 0 Å². The third-order valence-corrected chi connectivity index (χ3v) is 6.34. The second-order valence-electron chi connectivity index (χ2n) is 8.68. The zero-order valence-corrected chi connectivity index (χ0v) is 18.3. The molecule has 160 valence electrons. The van der Waals surface area contributed by atoms with Crippen LogP contribution in [0.5, 0.6) is 0 Å². The van der Waals surface area contributed by atoms with Crippen LogP contribution in [0.2, 0.25) is 0 Å². The molecule has 1 saturated carbocycles. The minimum atomic E-state index is -0.898. The van der Waals surface area contributed by atoms with Gasteiger partial charge in [0.2, 0.25) is 0 Å². The Bertz CT molecular complexity index is 618. The molecule has 2 heteroatoms. The van der Waals surface area contributed by atoms with Crippen molar-refractivity contribution in [2.75, 3.05) is 0 Å². The summed E-state index contributed by atoms with van der Waals surface area (Å²) in [4.78, 5) is 10.4. The lowest BCUT2D eigenvalue weighted by atomic mass is 9.77. The van der Waals surface area contributed by atoms with Crippen LogP contribution in [0.15, 0.2) is 48.6 Å². The number of aryl methyl sites for hydroxylation is 1. The Morgan fingerprint density at radius 1 is 0.966 bits per heavy atom. The fourth-order valence-corrected chi connectivity index (χ4v) is 4.51. The normalized spacial score (nSPS) is 19.9. The van der Waals surface area contributed by atoms with Crippen molar-refractivity contribution in [3.8, 4) is 0 Å². The van der Waals surface area contributed by atoms with Crippen molar-refractivity contribution in [2.45, 2.75) is 96.3 Å². The summed E-state index contributed by atoms with van der Waals surface area (Å²) in [6.45, 7) is 2.29. The number of rotatable bonds is 13. The molecule has 1 fully saturated rings. The average Bonchev–Trinajstić information content (AvgIpc) is 2.74. The van der Waals surface area contributed by atoms with E-state index in [9.17, 15) is 4.79 Å². The van der Waals surface area contributed by atoms with Gasteiger partial charge in [0, 0.05) is 6.08 Å². The zero-order valence-electron chi connectivity index (χ0n) is 18.3. The van der Waals surface area contributed by atoms with Gasteiger partial charge in [0.05, 0.1) is 0 Å². The van der Waals surface area contributed by atoms with E-state index in [2.05, 4.69) is 31.2 Å². The molecule has 0 saturated heterocycles. The number of unbranched alkanes of at least 4 members (excludes halogenated alkanes) is 5. The van der Waals surface area contributed by atoms with Gasteiger partial charge in [-0.3, -0.25) is 0 Å². The van der Waals surface area contributed by atoms with Crippen molar-refractivity contribution in [1.82, 2.24) is 0 Å². The SMILES string of the molecule is CCCCCCC[C@H]1CC[C@H](c2ccc(CCC/C=C/C=C/C(=O)O)cc2)CC1. The first kappa shape index (κ1) is 23.4. The summed E-state index contributed by atoms with van der Waals surface area (Å²) in [5.41, 5.74) is 2.94. The van der Waals surface area contributed by atoms with Crippen molar-refractivity contribution < 1.29 is 9.90 Å². The zero-order chi connectivity index (χ0) is 20.7. The maximum atomic E-state index is 10.4. The Morgan fingerprint density at radius 2 is 1.69 bits per heavy atom. The highest BCUT2D eigenvalue weighted by Crippen LogP contribution is 2.37. The van der Waals surface area contributed by atoms with E-state index in [0.29, 0.717) is 0 Å². The van der Waals surface area contributed by atoms with E-state index in [1.165, 1.54) is 75.3 Å². The number of hydrogen-bond donors (Lipinski definition) is 1. The lowest BCUT2D eigenvalue weighted by molar-refractivity contribution is -0.131. The first-order valence-corrected chi connectivity index (χ1v) is 11.8. The van der Waals surface area contributed by atoms with Crippen LogP contribution in [0.3, 0.4) is 0 Å². The molecule has 0 amide bonds. The third-order valence-electron chi connectivity index (χ3n) is 6.34. The lowest BCUT2D eigenvalue weighted by Crippen LogP contribution is -2.13. The van der Waals surface area contributed by atoms with Crippen LogP contribution in [0.25, 0.3) is 0 Å². The second kappa shape index (κ2) is 14.2. The maximum Gasteiger partial charge on any atom is 0.328 e. The number of carboxylic acids is 1. The Balaban J connectivity index is 1.63. The Labute approximate surface area is 178 Å². The fourth-order valence-electron chi connectivity index (χ4n) is 4.51. The number of carboxylic acid groups (broad SMARTS) is 1. The van der Waals surface area contributed by atoms with Crippen LogP contribution in [-0.4, -0.2) is 11.1 Å². The number of hydrogen-bond acceptors (Lipinski definition) is 1. The van der Waals surface area contributed by atoms with E-state index in [-0.39, 0.29) is 0 Å². The molecule has 1 aliphatic rings. The largest absolute Gasteiger partial charge is 0.478 e. The van der Waals surface area contributed by atoms with Gasteiger partial charge < -0.3 is 5.11 Å². The van der Waals surface area contributed by atoms with Crippen molar-refractivity contribution in [2.24, 2.45) is 5.92 Å². The number of allylic oxidation sites excluding steroid dienone is 3. The molecule has 1 N–H and O–H groups in total.